The number of rotatable bonds is 5. The van der Waals surface area contributed by atoms with Crippen LogP contribution < -0.4 is 10.2 Å². The van der Waals surface area contributed by atoms with Crippen LogP contribution in [0.2, 0.25) is 0 Å². The number of hydrogen-bond donors (Lipinski definition) is 1. The summed E-state index contributed by atoms with van der Waals surface area (Å²) < 4.78 is 0. The number of aromatic nitrogens is 2. The fraction of sp³-hybridized carbons (Fsp3) is 0.692. The fourth-order valence-corrected chi connectivity index (χ4v) is 2.89. The van der Waals surface area contributed by atoms with Gasteiger partial charge in [-0.15, -0.1) is 0 Å². The molecule has 1 aromatic heterocycles. The Bertz CT molecular complexity index is 364. The molecule has 4 nitrogen and oxygen atoms in total. The van der Waals surface area contributed by atoms with Crippen molar-refractivity contribution >= 4 is 17.6 Å². The molecule has 2 heterocycles. The van der Waals surface area contributed by atoms with Crippen LogP contribution in [0.1, 0.15) is 25.5 Å². The second-order valence-electron chi connectivity index (χ2n) is 4.57. The molecule has 1 N–H and O–H groups in total. The van der Waals surface area contributed by atoms with Gasteiger partial charge in [0.25, 0.3) is 0 Å². The standard InChI is InChI=1S/C13H22N4S/c1-3-14-8-11-9-15-10-13(16-11)17-6-4-12(18-2)5-7-17/h9-10,12,14H,3-8H2,1-2H3. The van der Waals surface area contributed by atoms with Crippen LogP contribution in [-0.4, -0.2) is 41.1 Å². The number of thioether (sulfide) groups is 1. The van der Waals surface area contributed by atoms with E-state index < -0.39 is 0 Å². The monoisotopic (exact) mass is 266 g/mol. The summed E-state index contributed by atoms with van der Waals surface area (Å²) >= 11 is 1.98. The average Bonchev–Trinajstić information content (AvgIpc) is 2.45. The Kier molecular flexibility index (Phi) is 5.26. The lowest BCUT2D eigenvalue weighted by molar-refractivity contribution is 0.584. The first-order valence-electron chi connectivity index (χ1n) is 6.63. The van der Waals surface area contributed by atoms with Gasteiger partial charge in [-0.25, -0.2) is 4.98 Å². The van der Waals surface area contributed by atoms with Crippen LogP contribution in [-0.2, 0) is 6.54 Å². The van der Waals surface area contributed by atoms with Crippen molar-refractivity contribution in [3.8, 4) is 0 Å². The SMILES string of the molecule is CCNCc1cncc(N2CCC(SC)CC2)n1. The van der Waals surface area contributed by atoms with E-state index in [1.165, 1.54) is 12.8 Å². The Morgan fingerprint density at radius 3 is 2.83 bits per heavy atom. The zero-order valence-corrected chi connectivity index (χ0v) is 12.0. The third-order valence-electron chi connectivity index (χ3n) is 3.33. The quantitative estimate of drug-likeness (QED) is 0.882. The third-order valence-corrected chi connectivity index (χ3v) is 4.47. The molecule has 5 heteroatoms. The van der Waals surface area contributed by atoms with Crippen LogP contribution in [0.3, 0.4) is 0 Å². The van der Waals surface area contributed by atoms with Crippen molar-refractivity contribution in [2.75, 3.05) is 30.8 Å². The van der Waals surface area contributed by atoms with E-state index in [0.717, 1.165) is 42.9 Å². The molecule has 1 saturated heterocycles. The maximum atomic E-state index is 4.68. The highest BCUT2D eigenvalue weighted by atomic mass is 32.2. The summed E-state index contributed by atoms with van der Waals surface area (Å²) in [7, 11) is 0. The minimum atomic E-state index is 0.804. The van der Waals surface area contributed by atoms with Gasteiger partial charge in [-0.1, -0.05) is 6.92 Å². The van der Waals surface area contributed by atoms with Crippen LogP contribution in [0.25, 0.3) is 0 Å². The second-order valence-corrected chi connectivity index (χ2v) is 5.71. The first kappa shape index (κ1) is 13.6. The van der Waals surface area contributed by atoms with Gasteiger partial charge in [-0.05, 0) is 25.6 Å². The normalized spacial score (nSPS) is 17.1. The van der Waals surface area contributed by atoms with Crippen LogP contribution in [0.15, 0.2) is 12.4 Å². The lowest BCUT2D eigenvalue weighted by atomic mass is 10.1. The van der Waals surface area contributed by atoms with Crippen molar-refractivity contribution in [1.29, 1.82) is 0 Å². The summed E-state index contributed by atoms with van der Waals surface area (Å²) in [4.78, 5) is 11.3. The highest BCUT2D eigenvalue weighted by molar-refractivity contribution is 7.99. The average molecular weight is 266 g/mol. The topological polar surface area (TPSA) is 41.1 Å². The molecule has 0 saturated carbocycles. The van der Waals surface area contributed by atoms with E-state index >= 15 is 0 Å². The van der Waals surface area contributed by atoms with E-state index in [9.17, 15) is 0 Å². The summed E-state index contributed by atoms with van der Waals surface area (Å²) in [6.07, 6.45) is 8.44. The molecule has 18 heavy (non-hydrogen) atoms. The van der Waals surface area contributed by atoms with Gasteiger partial charge in [0.05, 0.1) is 11.9 Å². The third kappa shape index (κ3) is 3.59. The molecule has 1 aliphatic heterocycles. The molecular weight excluding hydrogens is 244 g/mol. The summed E-state index contributed by atoms with van der Waals surface area (Å²) in [6, 6.07) is 0. The predicted octanol–water partition coefficient (Wildman–Crippen LogP) is 1.92. The van der Waals surface area contributed by atoms with Crippen molar-refractivity contribution in [2.24, 2.45) is 0 Å². The molecule has 0 unspecified atom stereocenters. The Morgan fingerprint density at radius 2 is 2.17 bits per heavy atom. The zero-order valence-electron chi connectivity index (χ0n) is 11.2. The summed E-state index contributed by atoms with van der Waals surface area (Å²) in [6.45, 7) is 6.07. The summed E-state index contributed by atoms with van der Waals surface area (Å²) in [5.74, 6) is 1.03. The van der Waals surface area contributed by atoms with E-state index in [-0.39, 0.29) is 0 Å². The van der Waals surface area contributed by atoms with Gasteiger partial charge in [-0.2, -0.15) is 11.8 Å². The number of nitrogens with one attached hydrogen (secondary N) is 1. The first-order chi connectivity index (χ1) is 8.83. The zero-order chi connectivity index (χ0) is 12.8. The van der Waals surface area contributed by atoms with Gasteiger partial charge in [0.1, 0.15) is 5.82 Å². The van der Waals surface area contributed by atoms with Crippen molar-refractivity contribution < 1.29 is 0 Å². The maximum Gasteiger partial charge on any atom is 0.147 e. The Morgan fingerprint density at radius 1 is 1.39 bits per heavy atom. The number of nitrogens with zero attached hydrogens (tertiary/aromatic N) is 3. The van der Waals surface area contributed by atoms with E-state index in [1.54, 1.807) is 0 Å². The lowest BCUT2D eigenvalue weighted by Crippen LogP contribution is -2.35. The maximum absolute atomic E-state index is 4.68. The van der Waals surface area contributed by atoms with Crippen molar-refractivity contribution in [2.45, 2.75) is 31.6 Å². The van der Waals surface area contributed by atoms with Crippen LogP contribution >= 0.6 is 11.8 Å². The molecule has 0 bridgehead atoms. The fourth-order valence-electron chi connectivity index (χ4n) is 2.21. The number of anilines is 1. The van der Waals surface area contributed by atoms with Gasteiger partial charge >= 0.3 is 0 Å². The molecule has 1 aliphatic rings. The first-order valence-corrected chi connectivity index (χ1v) is 7.91. The molecule has 0 atom stereocenters. The molecule has 0 spiro atoms. The van der Waals surface area contributed by atoms with Gasteiger partial charge < -0.3 is 10.2 Å². The molecule has 1 fully saturated rings. The van der Waals surface area contributed by atoms with Crippen LogP contribution in [0.4, 0.5) is 5.82 Å². The minimum absolute atomic E-state index is 0.804. The Labute approximate surface area is 114 Å². The summed E-state index contributed by atoms with van der Waals surface area (Å²) in [5, 5.41) is 4.11. The second kappa shape index (κ2) is 6.95. The molecule has 1 aromatic rings. The van der Waals surface area contributed by atoms with E-state index in [4.69, 9.17) is 0 Å². The number of piperidine rings is 1. The van der Waals surface area contributed by atoms with Crippen LogP contribution in [0.5, 0.6) is 0 Å². The molecule has 0 amide bonds. The van der Waals surface area contributed by atoms with Gasteiger partial charge in [0.2, 0.25) is 0 Å². The van der Waals surface area contributed by atoms with E-state index in [0.29, 0.717) is 0 Å². The molecular formula is C13H22N4S. The van der Waals surface area contributed by atoms with Crippen LogP contribution in [0, 0.1) is 0 Å². The largest absolute Gasteiger partial charge is 0.355 e. The van der Waals surface area contributed by atoms with E-state index in [2.05, 4.69) is 33.4 Å². The minimum Gasteiger partial charge on any atom is -0.355 e. The van der Waals surface area contributed by atoms with Gasteiger partial charge in [-0.3, -0.25) is 4.98 Å². The highest BCUT2D eigenvalue weighted by Gasteiger charge is 2.19. The lowest BCUT2D eigenvalue weighted by Gasteiger charge is -2.31. The Balaban J connectivity index is 1.96. The van der Waals surface area contributed by atoms with E-state index in [1.807, 2.05) is 24.2 Å². The van der Waals surface area contributed by atoms with Crippen molar-refractivity contribution in [3.63, 3.8) is 0 Å². The summed E-state index contributed by atoms with van der Waals surface area (Å²) in [5.41, 5.74) is 1.03. The molecule has 0 aliphatic carbocycles. The van der Waals surface area contributed by atoms with Gasteiger partial charge in [0.15, 0.2) is 0 Å². The van der Waals surface area contributed by atoms with Crippen molar-refractivity contribution in [3.05, 3.63) is 18.1 Å². The van der Waals surface area contributed by atoms with Gasteiger partial charge in [0, 0.05) is 31.1 Å². The molecule has 2 rings (SSSR count). The molecule has 0 aromatic carbocycles. The molecule has 100 valence electrons. The molecule has 0 radical (unpaired) electrons. The van der Waals surface area contributed by atoms with Crippen molar-refractivity contribution in [1.82, 2.24) is 15.3 Å². The highest BCUT2D eigenvalue weighted by Crippen LogP contribution is 2.23. The number of hydrogen-bond acceptors (Lipinski definition) is 5. The smallest absolute Gasteiger partial charge is 0.147 e. The predicted molar refractivity (Wildman–Crippen MR) is 78.2 cm³/mol. The Hall–Kier alpha value is -0.810.